The molecule has 0 spiro atoms. The number of aromatic nitrogens is 1. The van der Waals surface area contributed by atoms with Crippen molar-refractivity contribution in [3.63, 3.8) is 0 Å². The number of pyridine rings is 1. The number of aromatic amines is 1. The SMILES string of the molecule is Cc1cc2cc(CNC(=O)CCc3ccc4c(c3)OCO4)c(=O)[nH]c2cc1C. The minimum absolute atomic E-state index is 0.0998. The average Bonchev–Trinajstić information content (AvgIpc) is 3.14. The summed E-state index contributed by atoms with van der Waals surface area (Å²) < 4.78 is 10.6. The molecular weight excluding hydrogens is 356 g/mol. The zero-order chi connectivity index (χ0) is 19.7. The van der Waals surface area contributed by atoms with Gasteiger partial charge in [0.25, 0.3) is 5.56 Å². The van der Waals surface area contributed by atoms with Crippen LogP contribution in [0.1, 0.15) is 28.7 Å². The smallest absolute Gasteiger partial charge is 0.253 e. The van der Waals surface area contributed by atoms with Crippen LogP contribution in [0.4, 0.5) is 0 Å². The summed E-state index contributed by atoms with van der Waals surface area (Å²) in [5.74, 6) is 1.34. The number of ether oxygens (including phenoxy) is 2. The van der Waals surface area contributed by atoms with Gasteiger partial charge in [-0.15, -0.1) is 0 Å². The highest BCUT2D eigenvalue weighted by Crippen LogP contribution is 2.32. The van der Waals surface area contributed by atoms with Crippen LogP contribution in [0.25, 0.3) is 10.9 Å². The lowest BCUT2D eigenvalue weighted by Gasteiger charge is -2.08. The van der Waals surface area contributed by atoms with E-state index < -0.39 is 0 Å². The Morgan fingerprint density at radius 3 is 2.71 bits per heavy atom. The van der Waals surface area contributed by atoms with E-state index in [0.29, 0.717) is 24.2 Å². The second-order valence-electron chi connectivity index (χ2n) is 7.11. The summed E-state index contributed by atoms with van der Waals surface area (Å²) in [6.45, 7) is 4.50. The van der Waals surface area contributed by atoms with Gasteiger partial charge in [0.1, 0.15) is 0 Å². The minimum atomic E-state index is -0.174. The molecule has 0 saturated heterocycles. The van der Waals surface area contributed by atoms with Gasteiger partial charge in [-0.05, 0) is 72.7 Å². The van der Waals surface area contributed by atoms with E-state index in [1.54, 1.807) is 0 Å². The van der Waals surface area contributed by atoms with Gasteiger partial charge in [-0.3, -0.25) is 9.59 Å². The molecule has 0 radical (unpaired) electrons. The van der Waals surface area contributed by atoms with Crippen molar-refractivity contribution in [2.45, 2.75) is 33.2 Å². The summed E-state index contributed by atoms with van der Waals surface area (Å²) in [7, 11) is 0. The van der Waals surface area contributed by atoms with E-state index in [1.165, 1.54) is 5.56 Å². The number of rotatable bonds is 5. The number of amides is 1. The first-order valence-electron chi connectivity index (χ1n) is 9.28. The average molecular weight is 378 g/mol. The van der Waals surface area contributed by atoms with E-state index in [9.17, 15) is 9.59 Å². The summed E-state index contributed by atoms with van der Waals surface area (Å²) >= 11 is 0. The lowest BCUT2D eigenvalue weighted by molar-refractivity contribution is -0.121. The minimum Gasteiger partial charge on any atom is -0.454 e. The topological polar surface area (TPSA) is 80.4 Å². The monoisotopic (exact) mass is 378 g/mol. The van der Waals surface area contributed by atoms with Gasteiger partial charge in [0.05, 0.1) is 0 Å². The Balaban J connectivity index is 1.38. The van der Waals surface area contributed by atoms with E-state index in [1.807, 2.05) is 50.2 Å². The van der Waals surface area contributed by atoms with Gasteiger partial charge in [0, 0.05) is 24.0 Å². The molecule has 144 valence electrons. The quantitative estimate of drug-likeness (QED) is 0.715. The van der Waals surface area contributed by atoms with Crippen molar-refractivity contribution in [2.75, 3.05) is 6.79 Å². The van der Waals surface area contributed by atoms with Crippen LogP contribution < -0.4 is 20.3 Å². The van der Waals surface area contributed by atoms with Crippen molar-refractivity contribution in [3.8, 4) is 11.5 Å². The van der Waals surface area contributed by atoms with E-state index in [4.69, 9.17) is 9.47 Å². The third kappa shape index (κ3) is 3.71. The maximum atomic E-state index is 12.3. The molecule has 2 N–H and O–H groups in total. The van der Waals surface area contributed by atoms with Crippen molar-refractivity contribution in [1.82, 2.24) is 10.3 Å². The Hall–Kier alpha value is -3.28. The van der Waals surface area contributed by atoms with E-state index in [-0.39, 0.29) is 24.8 Å². The molecule has 1 amide bonds. The summed E-state index contributed by atoms with van der Waals surface area (Å²) in [6, 6.07) is 11.5. The fourth-order valence-electron chi connectivity index (χ4n) is 3.29. The van der Waals surface area contributed by atoms with Crippen molar-refractivity contribution in [1.29, 1.82) is 0 Å². The Labute approximate surface area is 162 Å². The summed E-state index contributed by atoms with van der Waals surface area (Å²) in [4.78, 5) is 27.4. The van der Waals surface area contributed by atoms with E-state index >= 15 is 0 Å². The van der Waals surface area contributed by atoms with Crippen molar-refractivity contribution >= 4 is 16.8 Å². The molecule has 0 unspecified atom stereocenters. The molecule has 0 saturated carbocycles. The molecule has 0 atom stereocenters. The van der Waals surface area contributed by atoms with E-state index in [2.05, 4.69) is 10.3 Å². The second kappa shape index (κ2) is 7.38. The molecule has 1 aliphatic rings. The van der Waals surface area contributed by atoms with Crippen LogP contribution in [0.5, 0.6) is 11.5 Å². The highest BCUT2D eigenvalue weighted by molar-refractivity contribution is 5.81. The molecule has 0 bridgehead atoms. The molecular formula is C22H22N2O4. The van der Waals surface area contributed by atoms with E-state index in [0.717, 1.165) is 27.8 Å². The second-order valence-corrected chi connectivity index (χ2v) is 7.11. The zero-order valence-electron chi connectivity index (χ0n) is 15.9. The molecule has 1 aliphatic heterocycles. The fourth-order valence-corrected chi connectivity index (χ4v) is 3.29. The lowest BCUT2D eigenvalue weighted by atomic mass is 10.0. The van der Waals surface area contributed by atoms with Gasteiger partial charge in [-0.25, -0.2) is 0 Å². The number of carbonyl (C=O) groups is 1. The van der Waals surface area contributed by atoms with Crippen molar-refractivity contribution in [3.05, 3.63) is 69.0 Å². The van der Waals surface area contributed by atoms with Crippen LogP contribution >= 0.6 is 0 Å². The van der Waals surface area contributed by atoms with Crippen molar-refractivity contribution in [2.24, 2.45) is 0 Å². The summed E-state index contributed by atoms with van der Waals surface area (Å²) in [5.41, 5.74) is 4.49. The fraction of sp³-hybridized carbons (Fsp3) is 0.273. The zero-order valence-corrected chi connectivity index (χ0v) is 15.9. The summed E-state index contributed by atoms with van der Waals surface area (Å²) in [5, 5.41) is 3.80. The number of benzene rings is 2. The molecule has 3 aromatic rings. The predicted octanol–water partition coefficient (Wildman–Crippen LogP) is 3.12. The predicted molar refractivity (Wildman–Crippen MR) is 107 cm³/mol. The van der Waals surface area contributed by atoms with Gasteiger partial charge < -0.3 is 19.8 Å². The molecule has 6 nitrogen and oxygen atoms in total. The number of aryl methyl sites for hydroxylation is 3. The highest BCUT2D eigenvalue weighted by Gasteiger charge is 2.14. The molecule has 28 heavy (non-hydrogen) atoms. The van der Waals surface area contributed by atoms with Crippen LogP contribution in [0.15, 0.2) is 41.2 Å². The molecule has 0 aliphatic carbocycles. The third-order valence-corrected chi connectivity index (χ3v) is 5.09. The molecule has 1 aromatic heterocycles. The van der Waals surface area contributed by atoms with Gasteiger partial charge in [-0.2, -0.15) is 0 Å². The molecule has 2 aromatic carbocycles. The lowest BCUT2D eigenvalue weighted by Crippen LogP contribution is -2.26. The molecule has 4 rings (SSSR count). The van der Waals surface area contributed by atoms with Crippen LogP contribution in [0.3, 0.4) is 0 Å². The normalized spacial score (nSPS) is 12.4. The first kappa shape index (κ1) is 18.1. The number of fused-ring (bicyclic) bond motifs is 2. The number of hydrogen-bond donors (Lipinski definition) is 2. The van der Waals surface area contributed by atoms with Crippen LogP contribution in [-0.4, -0.2) is 17.7 Å². The Morgan fingerprint density at radius 2 is 1.86 bits per heavy atom. The summed E-state index contributed by atoms with van der Waals surface area (Å²) in [6.07, 6.45) is 0.929. The standard InChI is InChI=1S/C22H22N2O4/c1-13-7-16-10-17(22(26)24-18(16)8-14(13)2)11-23-21(25)6-4-15-3-5-19-20(9-15)28-12-27-19/h3,5,7-10H,4,6,11-12H2,1-2H3,(H,23,25)(H,24,26). The number of nitrogens with one attached hydrogen (secondary N) is 2. The number of H-pyrrole nitrogens is 1. The Bertz CT molecular complexity index is 1120. The van der Waals surface area contributed by atoms with Gasteiger partial charge in [0.15, 0.2) is 11.5 Å². The number of hydrogen-bond acceptors (Lipinski definition) is 4. The molecule has 0 fully saturated rings. The highest BCUT2D eigenvalue weighted by atomic mass is 16.7. The Kier molecular flexibility index (Phi) is 4.77. The van der Waals surface area contributed by atoms with Crippen molar-refractivity contribution < 1.29 is 14.3 Å². The van der Waals surface area contributed by atoms with Crippen LogP contribution in [0, 0.1) is 13.8 Å². The largest absolute Gasteiger partial charge is 0.454 e. The van der Waals surface area contributed by atoms with Crippen LogP contribution in [0.2, 0.25) is 0 Å². The van der Waals surface area contributed by atoms with Gasteiger partial charge in [-0.1, -0.05) is 6.07 Å². The van der Waals surface area contributed by atoms with Crippen LogP contribution in [-0.2, 0) is 17.8 Å². The first-order valence-corrected chi connectivity index (χ1v) is 9.28. The van der Waals surface area contributed by atoms with Gasteiger partial charge >= 0.3 is 0 Å². The van der Waals surface area contributed by atoms with Gasteiger partial charge in [0.2, 0.25) is 12.7 Å². The molecule has 2 heterocycles. The molecule has 6 heteroatoms. The Morgan fingerprint density at radius 1 is 1.07 bits per heavy atom. The maximum absolute atomic E-state index is 12.3. The third-order valence-electron chi connectivity index (χ3n) is 5.09. The maximum Gasteiger partial charge on any atom is 0.253 e. The number of carbonyl (C=O) groups excluding carboxylic acids is 1. The first-order chi connectivity index (χ1) is 13.5.